The Morgan fingerprint density at radius 3 is 2.79 bits per heavy atom. The first kappa shape index (κ1) is 13.1. The third-order valence-corrected chi connectivity index (χ3v) is 2.49. The molecule has 1 heterocycles. The second-order valence-electron chi connectivity index (χ2n) is 3.74. The van der Waals surface area contributed by atoms with Crippen molar-refractivity contribution in [3.05, 3.63) is 41.5 Å². The molecule has 0 aliphatic rings. The fourth-order valence-electron chi connectivity index (χ4n) is 1.45. The minimum Gasteiger partial charge on any atom is -0.411 e. The summed E-state index contributed by atoms with van der Waals surface area (Å²) in [4.78, 5) is 0. The van der Waals surface area contributed by atoms with Crippen LogP contribution < -0.4 is 0 Å². The van der Waals surface area contributed by atoms with Crippen molar-refractivity contribution in [1.82, 2.24) is 15.0 Å². The van der Waals surface area contributed by atoms with Crippen LogP contribution in [0.5, 0.6) is 0 Å². The van der Waals surface area contributed by atoms with Crippen LogP contribution >= 0.6 is 0 Å². The van der Waals surface area contributed by atoms with E-state index in [2.05, 4.69) is 15.5 Å². The van der Waals surface area contributed by atoms with Crippen LogP contribution in [-0.4, -0.2) is 25.9 Å². The molecule has 0 fully saturated rings. The number of benzene rings is 1. The predicted molar refractivity (Wildman–Crippen MR) is 60.3 cm³/mol. The van der Waals surface area contributed by atoms with E-state index in [1.807, 2.05) is 0 Å². The van der Waals surface area contributed by atoms with Crippen molar-refractivity contribution in [2.45, 2.75) is 13.3 Å². The second kappa shape index (κ2) is 5.09. The van der Waals surface area contributed by atoms with E-state index in [1.54, 1.807) is 0 Å². The smallest absolute Gasteiger partial charge is 0.266 e. The van der Waals surface area contributed by atoms with Gasteiger partial charge in [-0.25, -0.2) is 17.9 Å². The molecule has 8 heteroatoms. The van der Waals surface area contributed by atoms with Gasteiger partial charge in [-0.3, -0.25) is 0 Å². The molecular weight excluding hydrogens is 261 g/mol. The lowest BCUT2D eigenvalue weighted by Crippen LogP contribution is -1.99. The first-order valence-electron chi connectivity index (χ1n) is 5.22. The van der Waals surface area contributed by atoms with Gasteiger partial charge in [0.15, 0.2) is 0 Å². The summed E-state index contributed by atoms with van der Waals surface area (Å²) in [6.07, 6.45) is -1.53. The van der Waals surface area contributed by atoms with Crippen molar-refractivity contribution in [1.29, 1.82) is 0 Å². The predicted octanol–water partition coefficient (Wildman–Crippen LogP) is 2.54. The quantitative estimate of drug-likeness (QED) is 0.529. The molecule has 0 saturated carbocycles. The number of hydrogen-bond acceptors (Lipinski definition) is 4. The standard InChI is InChI=1S/C11H9F3N4O/c1-6(16-19)10-5-18(17-15-10)7-2-3-9(12)8(4-7)11(13)14/h2-5,11,19H,1H3. The van der Waals surface area contributed by atoms with Crippen LogP contribution in [0.3, 0.4) is 0 Å². The highest BCUT2D eigenvalue weighted by molar-refractivity contribution is 5.96. The molecule has 100 valence electrons. The minimum atomic E-state index is -2.91. The fourth-order valence-corrected chi connectivity index (χ4v) is 1.45. The molecule has 0 bridgehead atoms. The Labute approximate surface area is 106 Å². The van der Waals surface area contributed by atoms with E-state index in [9.17, 15) is 13.2 Å². The van der Waals surface area contributed by atoms with Crippen molar-refractivity contribution in [2.24, 2.45) is 5.16 Å². The number of nitrogens with zero attached hydrogens (tertiary/aromatic N) is 4. The van der Waals surface area contributed by atoms with Crippen LogP contribution in [0.25, 0.3) is 5.69 Å². The normalized spacial score (nSPS) is 12.2. The van der Waals surface area contributed by atoms with E-state index >= 15 is 0 Å². The Bertz CT molecular complexity index is 624. The molecule has 0 amide bonds. The molecule has 2 rings (SSSR count). The van der Waals surface area contributed by atoms with Gasteiger partial charge in [-0.15, -0.1) is 5.10 Å². The number of oxime groups is 1. The maximum absolute atomic E-state index is 13.1. The van der Waals surface area contributed by atoms with Gasteiger partial charge in [0.2, 0.25) is 0 Å². The zero-order chi connectivity index (χ0) is 14.0. The monoisotopic (exact) mass is 270 g/mol. The van der Waals surface area contributed by atoms with Crippen LogP contribution in [0, 0.1) is 5.82 Å². The number of halogens is 3. The lowest BCUT2D eigenvalue weighted by atomic mass is 10.2. The van der Waals surface area contributed by atoms with Crippen molar-refractivity contribution in [2.75, 3.05) is 0 Å². The van der Waals surface area contributed by atoms with Crippen molar-refractivity contribution in [3.8, 4) is 5.69 Å². The molecule has 0 radical (unpaired) electrons. The Hall–Kier alpha value is -2.38. The second-order valence-corrected chi connectivity index (χ2v) is 3.74. The van der Waals surface area contributed by atoms with Crippen LogP contribution in [0.2, 0.25) is 0 Å². The van der Waals surface area contributed by atoms with Gasteiger partial charge in [0, 0.05) is 0 Å². The minimum absolute atomic E-state index is 0.224. The first-order valence-corrected chi connectivity index (χ1v) is 5.22. The molecule has 0 saturated heterocycles. The van der Waals surface area contributed by atoms with Crippen LogP contribution in [0.15, 0.2) is 29.6 Å². The van der Waals surface area contributed by atoms with Gasteiger partial charge in [-0.2, -0.15) is 0 Å². The van der Waals surface area contributed by atoms with E-state index in [1.165, 1.54) is 23.9 Å². The topological polar surface area (TPSA) is 63.3 Å². The summed E-state index contributed by atoms with van der Waals surface area (Å²) >= 11 is 0. The molecule has 2 aromatic rings. The van der Waals surface area contributed by atoms with Gasteiger partial charge < -0.3 is 5.21 Å². The summed E-state index contributed by atoms with van der Waals surface area (Å²) in [5, 5.41) is 18.9. The number of hydrogen-bond donors (Lipinski definition) is 1. The average molecular weight is 270 g/mol. The Balaban J connectivity index is 2.42. The lowest BCUT2D eigenvalue weighted by molar-refractivity contribution is 0.146. The lowest BCUT2D eigenvalue weighted by Gasteiger charge is -2.05. The summed E-state index contributed by atoms with van der Waals surface area (Å²) in [5.41, 5.74) is 0.0381. The summed E-state index contributed by atoms with van der Waals surface area (Å²) in [6.45, 7) is 1.50. The summed E-state index contributed by atoms with van der Waals surface area (Å²) < 4.78 is 39.5. The van der Waals surface area contributed by atoms with Gasteiger partial charge in [0.1, 0.15) is 17.2 Å². The average Bonchev–Trinajstić information content (AvgIpc) is 2.87. The molecule has 1 aromatic heterocycles. The molecule has 0 aliphatic carbocycles. The fraction of sp³-hybridized carbons (Fsp3) is 0.182. The summed E-state index contributed by atoms with van der Waals surface area (Å²) in [5.74, 6) is -0.979. The highest BCUT2D eigenvalue weighted by Gasteiger charge is 2.15. The van der Waals surface area contributed by atoms with Gasteiger partial charge in [-0.1, -0.05) is 10.4 Å². The van der Waals surface area contributed by atoms with Gasteiger partial charge in [0.05, 0.1) is 17.4 Å². The number of aromatic nitrogens is 3. The van der Waals surface area contributed by atoms with Crippen molar-refractivity contribution in [3.63, 3.8) is 0 Å². The molecule has 0 unspecified atom stereocenters. The van der Waals surface area contributed by atoms with E-state index in [4.69, 9.17) is 5.21 Å². The van der Waals surface area contributed by atoms with Crippen molar-refractivity contribution >= 4 is 5.71 Å². The maximum Gasteiger partial charge on any atom is 0.266 e. The van der Waals surface area contributed by atoms with E-state index in [0.29, 0.717) is 0 Å². The molecule has 0 atom stereocenters. The molecule has 5 nitrogen and oxygen atoms in total. The zero-order valence-corrected chi connectivity index (χ0v) is 9.76. The first-order chi connectivity index (χ1) is 9.02. The molecular formula is C11H9F3N4O. The largest absolute Gasteiger partial charge is 0.411 e. The van der Waals surface area contributed by atoms with Crippen LogP contribution in [0.1, 0.15) is 24.6 Å². The van der Waals surface area contributed by atoms with E-state index in [-0.39, 0.29) is 17.1 Å². The molecule has 19 heavy (non-hydrogen) atoms. The van der Waals surface area contributed by atoms with Crippen LogP contribution in [-0.2, 0) is 0 Å². The Morgan fingerprint density at radius 2 is 2.16 bits per heavy atom. The highest BCUT2D eigenvalue weighted by Crippen LogP contribution is 2.24. The molecule has 0 spiro atoms. The molecule has 0 aliphatic heterocycles. The SMILES string of the molecule is CC(=NO)c1cn(-c2ccc(F)c(C(F)F)c2)nn1. The molecule has 1 N–H and O–H groups in total. The Morgan fingerprint density at radius 1 is 1.42 bits per heavy atom. The number of rotatable bonds is 3. The third-order valence-electron chi connectivity index (χ3n) is 2.49. The summed E-state index contributed by atoms with van der Waals surface area (Å²) in [7, 11) is 0. The third kappa shape index (κ3) is 2.56. The van der Waals surface area contributed by atoms with E-state index in [0.717, 1.165) is 12.1 Å². The van der Waals surface area contributed by atoms with Gasteiger partial charge in [0.25, 0.3) is 6.43 Å². The zero-order valence-electron chi connectivity index (χ0n) is 9.76. The number of alkyl halides is 2. The molecule has 1 aromatic carbocycles. The summed E-state index contributed by atoms with van der Waals surface area (Å²) in [6, 6.07) is 3.22. The van der Waals surface area contributed by atoms with Crippen molar-refractivity contribution < 1.29 is 18.4 Å². The Kier molecular flexibility index (Phi) is 3.50. The van der Waals surface area contributed by atoms with Gasteiger partial charge in [-0.05, 0) is 25.1 Å². The van der Waals surface area contributed by atoms with E-state index < -0.39 is 17.8 Å². The van der Waals surface area contributed by atoms with Gasteiger partial charge >= 0.3 is 0 Å². The highest BCUT2D eigenvalue weighted by atomic mass is 19.3. The maximum atomic E-state index is 13.1. The van der Waals surface area contributed by atoms with Crippen LogP contribution in [0.4, 0.5) is 13.2 Å².